The second-order valence-electron chi connectivity index (χ2n) is 5.43. The Balaban J connectivity index is 1.93. The molecule has 0 saturated carbocycles. The van der Waals surface area contributed by atoms with Crippen LogP contribution < -0.4 is 4.52 Å². The van der Waals surface area contributed by atoms with Crippen molar-refractivity contribution in [3.05, 3.63) is 30.3 Å². The van der Waals surface area contributed by atoms with Gasteiger partial charge in [0.05, 0.1) is 6.61 Å². The molecular formula is C16H27O3P. The maximum atomic E-state index is 9.62. The van der Waals surface area contributed by atoms with Crippen LogP contribution in [0.15, 0.2) is 30.3 Å². The molecule has 1 unspecified atom stereocenters. The summed E-state index contributed by atoms with van der Waals surface area (Å²) >= 11 is 0. The van der Waals surface area contributed by atoms with Crippen molar-refractivity contribution in [2.45, 2.75) is 52.4 Å². The van der Waals surface area contributed by atoms with Gasteiger partial charge in [-0.1, -0.05) is 64.2 Å². The molecule has 114 valence electrons. The second-order valence-corrected chi connectivity index (χ2v) is 6.34. The van der Waals surface area contributed by atoms with Gasteiger partial charge in [0.1, 0.15) is 5.75 Å². The molecule has 0 spiro atoms. The van der Waals surface area contributed by atoms with Crippen LogP contribution in [0.2, 0.25) is 0 Å². The van der Waals surface area contributed by atoms with Crippen LogP contribution in [0.4, 0.5) is 0 Å². The second kappa shape index (κ2) is 11.1. The lowest BCUT2D eigenvalue weighted by atomic mass is 10.0. The van der Waals surface area contributed by atoms with E-state index >= 15 is 0 Å². The number of rotatable bonds is 11. The first-order chi connectivity index (χ1) is 9.68. The maximum Gasteiger partial charge on any atom is 0.394 e. The highest BCUT2D eigenvalue weighted by molar-refractivity contribution is 7.41. The fourth-order valence-corrected chi connectivity index (χ4v) is 2.57. The van der Waals surface area contributed by atoms with E-state index in [4.69, 9.17) is 9.05 Å². The summed E-state index contributed by atoms with van der Waals surface area (Å²) in [7, 11) is -1.79. The van der Waals surface area contributed by atoms with E-state index in [0.29, 0.717) is 12.4 Å². The van der Waals surface area contributed by atoms with Gasteiger partial charge in [0.25, 0.3) is 0 Å². The summed E-state index contributed by atoms with van der Waals surface area (Å²) in [5, 5.41) is 0. The first-order valence-corrected chi connectivity index (χ1v) is 8.66. The van der Waals surface area contributed by atoms with Crippen molar-refractivity contribution in [3.8, 4) is 5.75 Å². The van der Waals surface area contributed by atoms with E-state index in [9.17, 15) is 4.89 Å². The fraction of sp³-hybridized carbons (Fsp3) is 0.625. The minimum Gasteiger partial charge on any atom is -0.427 e. The van der Waals surface area contributed by atoms with Crippen molar-refractivity contribution in [2.24, 2.45) is 5.92 Å². The molecule has 0 heterocycles. The minimum atomic E-state index is -1.79. The summed E-state index contributed by atoms with van der Waals surface area (Å²) in [6, 6.07) is 9.27. The minimum absolute atomic E-state index is 0.569. The van der Waals surface area contributed by atoms with Crippen LogP contribution in [-0.2, 0) is 4.52 Å². The van der Waals surface area contributed by atoms with E-state index in [1.807, 2.05) is 30.3 Å². The van der Waals surface area contributed by atoms with E-state index in [1.54, 1.807) is 0 Å². The molecule has 0 aromatic heterocycles. The zero-order chi connectivity index (χ0) is 14.6. The van der Waals surface area contributed by atoms with Crippen molar-refractivity contribution in [2.75, 3.05) is 6.61 Å². The van der Waals surface area contributed by atoms with Crippen molar-refractivity contribution >= 4 is 8.60 Å². The topological polar surface area (TPSA) is 38.7 Å². The summed E-state index contributed by atoms with van der Waals surface area (Å²) in [4.78, 5) is 9.62. The summed E-state index contributed by atoms with van der Waals surface area (Å²) in [6.45, 7) is 5.10. The highest BCUT2D eigenvalue weighted by atomic mass is 31.2. The summed E-state index contributed by atoms with van der Waals surface area (Å²) in [5.41, 5.74) is 0. The standard InChI is InChI=1S/C16H27O3P/c1-15(2)11-7-4-3-5-10-14-18-20(17)19-16-12-8-6-9-13-16/h6,8-9,12-13,15,17H,3-5,7,10-11,14H2,1-2H3. The molecule has 4 heteroatoms. The molecule has 1 N–H and O–H groups in total. The first kappa shape index (κ1) is 17.4. The number of para-hydroxylation sites is 1. The Kier molecular flexibility index (Phi) is 9.65. The van der Waals surface area contributed by atoms with E-state index in [0.717, 1.165) is 18.8 Å². The largest absolute Gasteiger partial charge is 0.427 e. The lowest BCUT2D eigenvalue weighted by Gasteiger charge is -2.11. The average Bonchev–Trinajstić information content (AvgIpc) is 2.42. The Hall–Kier alpha value is -0.630. The van der Waals surface area contributed by atoms with Crippen molar-refractivity contribution in [3.63, 3.8) is 0 Å². The predicted octanol–water partition coefficient (Wildman–Crippen LogP) is 5.30. The summed E-state index contributed by atoms with van der Waals surface area (Å²) < 4.78 is 10.6. The average molecular weight is 298 g/mol. The number of benzene rings is 1. The van der Waals surface area contributed by atoms with E-state index < -0.39 is 8.60 Å². The van der Waals surface area contributed by atoms with Gasteiger partial charge in [-0.3, -0.25) is 0 Å². The molecule has 20 heavy (non-hydrogen) atoms. The molecule has 1 aromatic rings. The predicted molar refractivity (Wildman–Crippen MR) is 84.7 cm³/mol. The third kappa shape index (κ3) is 9.30. The van der Waals surface area contributed by atoms with Gasteiger partial charge in [-0.15, -0.1) is 0 Å². The molecule has 0 fully saturated rings. The van der Waals surface area contributed by atoms with Crippen molar-refractivity contribution in [1.29, 1.82) is 0 Å². The highest BCUT2D eigenvalue weighted by Crippen LogP contribution is 2.34. The van der Waals surface area contributed by atoms with Gasteiger partial charge in [-0.05, 0) is 24.5 Å². The van der Waals surface area contributed by atoms with E-state index in [1.165, 1.54) is 25.7 Å². The third-order valence-corrected chi connectivity index (χ3v) is 3.82. The summed E-state index contributed by atoms with van der Waals surface area (Å²) in [6.07, 6.45) is 7.34. The lowest BCUT2D eigenvalue weighted by molar-refractivity contribution is 0.253. The molecule has 0 aliphatic rings. The Morgan fingerprint density at radius 1 is 1.00 bits per heavy atom. The first-order valence-electron chi connectivity index (χ1n) is 7.53. The summed E-state index contributed by atoms with van der Waals surface area (Å²) in [5.74, 6) is 1.46. The van der Waals surface area contributed by atoms with Crippen molar-refractivity contribution < 1.29 is 13.9 Å². The molecule has 0 aliphatic carbocycles. The van der Waals surface area contributed by atoms with Crippen LogP contribution in [0.5, 0.6) is 5.75 Å². The van der Waals surface area contributed by atoms with Gasteiger partial charge in [0.2, 0.25) is 0 Å². The Labute approximate surface area is 124 Å². The van der Waals surface area contributed by atoms with Crippen LogP contribution >= 0.6 is 8.60 Å². The molecule has 0 saturated heterocycles. The van der Waals surface area contributed by atoms with Crippen LogP contribution in [0.1, 0.15) is 52.4 Å². The van der Waals surface area contributed by atoms with Crippen LogP contribution in [0, 0.1) is 5.92 Å². The SMILES string of the molecule is CC(C)CCCCCCCOP(O)Oc1ccccc1. The van der Waals surface area contributed by atoms with E-state index in [2.05, 4.69) is 13.8 Å². The molecule has 1 atom stereocenters. The van der Waals surface area contributed by atoms with Gasteiger partial charge < -0.3 is 13.9 Å². The molecular weight excluding hydrogens is 271 g/mol. The van der Waals surface area contributed by atoms with Crippen molar-refractivity contribution in [1.82, 2.24) is 0 Å². The van der Waals surface area contributed by atoms with Crippen LogP contribution in [-0.4, -0.2) is 11.5 Å². The fourth-order valence-electron chi connectivity index (χ4n) is 1.93. The molecule has 1 aromatic carbocycles. The van der Waals surface area contributed by atoms with Crippen LogP contribution in [0.3, 0.4) is 0 Å². The monoisotopic (exact) mass is 298 g/mol. The number of hydrogen-bond acceptors (Lipinski definition) is 3. The Morgan fingerprint density at radius 2 is 1.65 bits per heavy atom. The van der Waals surface area contributed by atoms with Gasteiger partial charge in [-0.25, -0.2) is 0 Å². The Bertz CT molecular complexity index is 330. The van der Waals surface area contributed by atoms with E-state index in [-0.39, 0.29) is 0 Å². The third-order valence-electron chi connectivity index (χ3n) is 3.05. The zero-order valence-electron chi connectivity index (χ0n) is 12.6. The number of unbranched alkanes of at least 4 members (excludes halogenated alkanes) is 4. The molecule has 0 amide bonds. The Morgan fingerprint density at radius 3 is 2.35 bits per heavy atom. The quantitative estimate of drug-likeness (QED) is 0.445. The van der Waals surface area contributed by atoms with Crippen LogP contribution in [0.25, 0.3) is 0 Å². The smallest absolute Gasteiger partial charge is 0.394 e. The highest BCUT2D eigenvalue weighted by Gasteiger charge is 2.07. The van der Waals surface area contributed by atoms with Gasteiger partial charge >= 0.3 is 8.60 Å². The molecule has 0 radical (unpaired) electrons. The molecule has 0 aliphatic heterocycles. The number of hydrogen-bond donors (Lipinski definition) is 1. The molecule has 1 rings (SSSR count). The maximum absolute atomic E-state index is 9.62. The van der Waals surface area contributed by atoms with Gasteiger partial charge in [0, 0.05) is 0 Å². The van der Waals surface area contributed by atoms with Gasteiger partial charge in [-0.2, -0.15) is 0 Å². The molecule has 3 nitrogen and oxygen atoms in total. The van der Waals surface area contributed by atoms with Gasteiger partial charge in [0.15, 0.2) is 0 Å². The normalized spacial score (nSPS) is 12.6. The molecule has 0 bridgehead atoms. The zero-order valence-corrected chi connectivity index (χ0v) is 13.5. The lowest BCUT2D eigenvalue weighted by Crippen LogP contribution is -1.95.